The van der Waals surface area contributed by atoms with Crippen LogP contribution in [0.2, 0.25) is 0 Å². The first-order valence-corrected chi connectivity index (χ1v) is 12.0. The molecule has 0 bridgehead atoms. The van der Waals surface area contributed by atoms with E-state index in [1.807, 2.05) is 24.5 Å². The lowest BCUT2D eigenvalue weighted by Crippen LogP contribution is -1.96. The SMILES string of the molecule is CC(C)c1ccc(C(C)C)c2ncccc12.CC(C)c1ccc(C(C)C)c2ncccc12. The quantitative estimate of drug-likeness (QED) is 0.325. The summed E-state index contributed by atoms with van der Waals surface area (Å²) in [4.78, 5) is 9.09. The van der Waals surface area contributed by atoms with Gasteiger partial charge in [-0.2, -0.15) is 0 Å². The highest BCUT2D eigenvalue weighted by atomic mass is 14.7. The second-order valence-electron chi connectivity index (χ2n) is 9.91. The molecule has 0 spiro atoms. The Morgan fingerprint density at radius 3 is 1.06 bits per heavy atom. The third-order valence-corrected chi connectivity index (χ3v) is 6.16. The molecule has 0 aliphatic heterocycles. The van der Waals surface area contributed by atoms with Crippen molar-refractivity contribution in [3.63, 3.8) is 0 Å². The molecule has 4 aromatic rings. The van der Waals surface area contributed by atoms with Crippen LogP contribution < -0.4 is 0 Å². The van der Waals surface area contributed by atoms with Crippen molar-refractivity contribution in [3.05, 3.63) is 83.2 Å². The molecule has 0 fully saturated rings. The van der Waals surface area contributed by atoms with Crippen LogP contribution in [0.5, 0.6) is 0 Å². The molecule has 0 amide bonds. The number of pyridine rings is 2. The van der Waals surface area contributed by atoms with E-state index in [9.17, 15) is 0 Å². The van der Waals surface area contributed by atoms with Crippen molar-refractivity contribution in [2.45, 2.75) is 79.1 Å². The molecule has 2 aromatic heterocycles. The van der Waals surface area contributed by atoms with Crippen LogP contribution in [0.1, 0.15) is 101 Å². The van der Waals surface area contributed by atoms with Crippen LogP contribution in [0.4, 0.5) is 0 Å². The van der Waals surface area contributed by atoms with Crippen molar-refractivity contribution < 1.29 is 0 Å². The van der Waals surface area contributed by atoms with Gasteiger partial charge in [-0.1, -0.05) is 91.8 Å². The Morgan fingerprint density at radius 2 is 0.750 bits per heavy atom. The zero-order valence-corrected chi connectivity index (χ0v) is 21.0. The molecule has 0 radical (unpaired) electrons. The molecule has 0 N–H and O–H groups in total. The van der Waals surface area contributed by atoms with Crippen LogP contribution in [0.15, 0.2) is 60.9 Å². The van der Waals surface area contributed by atoms with Crippen LogP contribution in [-0.4, -0.2) is 9.97 Å². The smallest absolute Gasteiger partial charge is 0.0739 e. The van der Waals surface area contributed by atoms with Gasteiger partial charge in [-0.05, 0) is 58.1 Å². The summed E-state index contributed by atoms with van der Waals surface area (Å²) in [6, 6.07) is 17.4. The van der Waals surface area contributed by atoms with Crippen molar-refractivity contribution >= 4 is 21.8 Å². The third-order valence-electron chi connectivity index (χ3n) is 6.16. The van der Waals surface area contributed by atoms with Crippen LogP contribution in [0.25, 0.3) is 21.8 Å². The van der Waals surface area contributed by atoms with Crippen LogP contribution in [-0.2, 0) is 0 Å². The zero-order chi connectivity index (χ0) is 23.4. The van der Waals surface area contributed by atoms with E-state index in [1.54, 1.807) is 0 Å². The predicted molar refractivity (Wildman–Crippen MR) is 140 cm³/mol. The van der Waals surface area contributed by atoms with Crippen molar-refractivity contribution in [1.82, 2.24) is 9.97 Å². The maximum atomic E-state index is 4.55. The topological polar surface area (TPSA) is 25.8 Å². The van der Waals surface area contributed by atoms with Gasteiger partial charge in [0, 0.05) is 23.2 Å². The Kier molecular flexibility index (Phi) is 7.66. The van der Waals surface area contributed by atoms with E-state index in [2.05, 4.69) is 102 Å². The number of nitrogens with zero attached hydrogens (tertiary/aromatic N) is 2. The maximum Gasteiger partial charge on any atom is 0.0739 e. The van der Waals surface area contributed by atoms with E-state index in [1.165, 1.54) is 44.1 Å². The van der Waals surface area contributed by atoms with Crippen molar-refractivity contribution in [3.8, 4) is 0 Å². The largest absolute Gasteiger partial charge is 0.256 e. The summed E-state index contributed by atoms with van der Waals surface area (Å²) >= 11 is 0. The van der Waals surface area contributed by atoms with Gasteiger partial charge in [0.2, 0.25) is 0 Å². The average Bonchev–Trinajstić information content (AvgIpc) is 2.77. The van der Waals surface area contributed by atoms with Gasteiger partial charge in [0.25, 0.3) is 0 Å². The molecule has 0 saturated carbocycles. The van der Waals surface area contributed by atoms with Crippen LogP contribution >= 0.6 is 0 Å². The Labute approximate surface area is 194 Å². The third kappa shape index (κ3) is 5.01. The van der Waals surface area contributed by atoms with E-state index in [0.717, 1.165) is 0 Å². The van der Waals surface area contributed by atoms with Gasteiger partial charge < -0.3 is 0 Å². The summed E-state index contributed by atoms with van der Waals surface area (Å²) in [7, 11) is 0. The normalized spacial score (nSPS) is 11.6. The molecule has 2 heterocycles. The lowest BCUT2D eigenvalue weighted by atomic mass is 9.92. The molecule has 2 aromatic carbocycles. The highest BCUT2D eigenvalue weighted by Gasteiger charge is 2.12. The van der Waals surface area contributed by atoms with Crippen molar-refractivity contribution in [2.24, 2.45) is 0 Å². The average molecular weight is 427 g/mol. The molecule has 0 atom stereocenters. The summed E-state index contributed by atoms with van der Waals surface area (Å²) in [6.45, 7) is 17.8. The number of hydrogen-bond acceptors (Lipinski definition) is 2. The Hall–Kier alpha value is -2.74. The molecule has 4 rings (SSSR count). The first-order chi connectivity index (χ1) is 15.2. The monoisotopic (exact) mass is 426 g/mol. The summed E-state index contributed by atoms with van der Waals surface area (Å²) in [5.74, 6) is 2.15. The molecule has 0 aliphatic rings. The van der Waals surface area contributed by atoms with Gasteiger partial charge in [-0.3, -0.25) is 9.97 Å². The highest BCUT2D eigenvalue weighted by molar-refractivity contribution is 5.86. The minimum Gasteiger partial charge on any atom is -0.256 e. The Balaban J connectivity index is 0.000000181. The Bertz CT molecular complexity index is 998. The summed E-state index contributed by atoms with van der Waals surface area (Å²) in [5.41, 5.74) is 7.83. The second kappa shape index (κ2) is 10.3. The Morgan fingerprint density at radius 1 is 0.438 bits per heavy atom. The molecule has 32 heavy (non-hydrogen) atoms. The molecular formula is C30H38N2. The van der Waals surface area contributed by atoms with Gasteiger partial charge in [0.15, 0.2) is 0 Å². The molecule has 0 saturated heterocycles. The fourth-order valence-electron chi connectivity index (χ4n) is 4.37. The van der Waals surface area contributed by atoms with Gasteiger partial charge in [0.05, 0.1) is 11.0 Å². The number of rotatable bonds is 4. The van der Waals surface area contributed by atoms with E-state index < -0.39 is 0 Å². The molecule has 2 nitrogen and oxygen atoms in total. The minimum atomic E-state index is 0.526. The minimum absolute atomic E-state index is 0.526. The lowest BCUT2D eigenvalue weighted by molar-refractivity contribution is 0.856. The molecule has 0 aliphatic carbocycles. The van der Waals surface area contributed by atoms with E-state index in [4.69, 9.17) is 0 Å². The summed E-state index contributed by atoms with van der Waals surface area (Å²) in [5, 5.41) is 2.62. The van der Waals surface area contributed by atoms with Gasteiger partial charge >= 0.3 is 0 Å². The lowest BCUT2D eigenvalue weighted by Gasteiger charge is -2.14. The zero-order valence-electron chi connectivity index (χ0n) is 21.0. The van der Waals surface area contributed by atoms with E-state index in [0.29, 0.717) is 23.7 Å². The summed E-state index contributed by atoms with van der Waals surface area (Å²) < 4.78 is 0. The van der Waals surface area contributed by atoms with Gasteiger partial charge in [-0.15, -0.1) is 0 Å². The fraction of sp³-hybridized carbons (Fsp3) is 0.400. The fourth-order valence-corrected chi connectivity index (χ4v) is 4.37. The van der Waals surface area contributed by atoms with E-state index in [-0.39, 0.29) is 0 Å². The number of aromatic nitrogens is 2. The predicted octanol–water partition coefficient (Wildman–Crippen LogP) is 8.96. The van der Waals surface area contributed by atoms with Crippen LogP contribution in [0, 0.1) is 0 Å². The molecular weight excluding hydrogens is 388 g/mol. The molecule has 2 heteroatoms. The van der Waals surface area contributed by atoms with Crippen molar-refractivity contribution in [2.75, 3.05) is 0 Å². The van der Waals surface area contributed by atoms with Gasteiger partial charge in [0.1, 0.15) is 0 Å². The summed E-state index contributed by atoms with van der Waals surface area (Å²) in [6.07, 6.45) is 3.77. The number of hydrogen-bond donors (Lipinski definition) is 0. The first-order valence-electron chi connectivity index (χ1n) is 12.0. The first kappa shape index (κ1) is 23.9. The number of benzene rings is 2. The maximum absolute atomic E-state index is 4.55. The standard InChI is InChI=1S/2C15H19N/c2*1-10(2)12-7-8-13(11(3)4)15-14(12)6-5-9-16-15/h2*5-11H,1-4H3. The molecule has 0 unspecified atom stereocenters. The molecule has 168 valence electrons. The number of fused-ring (bicyclic) bond motifs is 2. The van der Waals surface area contributed by atoms with Crippen molar-refractivity contribution in [1.29, 1.82) is 0 Å². The second-order valence-corrected chi connectivity index (χ2v) is 9.91. The van der Waals surface area contributed by atoms with E-state index >= 15 is 0 Å². The van der Waals surface area contributed by atoms with Gasteiger partial charge in [-0.25, -0.2) is 0 Å². The highest BCUT2D eigenvalue weighted by Crippen LogP contribution is 2.31. The van der Waals surface area contributed by atoms with Crippen LogP contribution in [0.3, 0.4) is 0 Å².